The Morgan fingerprint density at radius 3 is 2.57 bits per heavy atom. The second-order valence-electron chi connectivity index (χ2n) is 9.39. The lowest BCUT2D eigenvalue weighted by Crippen LogP contribution is -2.49. The van der Waals surface area contributed by atoms with Gasteiger partial charge >= 0.3 is 11.9 Å². The van der Waals surface area contributed by atoms with Crippen molar-refractivity contribution in [2.45, 2.75) is 90.4 Å². The van der Waals surface area contributed by atoms with Gasteiger partial charge in [-0.1, -0.05) is 45.9 Å². The van der Waals surface area contributed by atoms with E-state index in [1.807, 2.05) is 13.8 Å². The van der Waals surface area contributed by atoms with Crippen molar-refractivity contribution in [3.63, 3.8) is 0 Å². The molecular weight excluding hydrogens is 384 g/mol. The zero-order valence-corrected chi connectivity index (χ0v) is 18.7. The maximum Gasteiger partial charge on any atom is 0.309 e. The average molecular weight is 423 g/mol. The lowest BCUT2D eigenvalue weighted by Gasteiger charge is -2.48. The summed E-state index contributed by atoms with van der Waals surface area (Å²) in [6.45, 7) is 8.15. The molecule has 0 spiro atoms. The number of hydrogen-bond donors (Lipinski definition) is 3. The van der Waals surface area contributed by atoms with E-state index in [-0.39, 0.29) is 30.1 Å². The van der Waals surface area contributed by atoms with Gasteiger partial charge in [-0.3, -0.25) is 9.59 Å². The van der Waals surface area contributed by atoms with E-state index in [1.165, 1.54) is 5.57 Å². The second kappa shape index (κ2) is 10.6. The van der Waals surface area contributed by atoms with E-state index in [4.69, 9.17) is 9.84 Å². The summed E-state index contributed by atoms with van der Waals surface area (Å²) in [5.41, 5.74) is 0.579. The van der Waals surface area contributed by atoms with Gasteiger partial charge in [0.1, 0.15) is 5.60 Å². The summed E-state index contributed by atoms with van der Waals surface area (Å²) in [6.07, 6.45) is 7.50. The van der Waals surface area contributed by atoms with Crippen molar-refractivity contribution in [1.29, 1.82) is 0 Å². The zero-order valence-electron chi connectivity index (χ0n) is 18.7. The van der Waals surface area contributed by atoms with Gasteiger partial charge in [0.2, 0.25) is 0 Å². The first-order valence-electron chi connectivity index (χ1n) is 11.3. The van der Waals surface area contributed by atoms with Gasteiger partial charge in [0, 0.05) is 5.92 Å². The Kier molecular flexibility index (Phi) is 8.68. The van der Waals surface area contributed by atoms with E-state index in [0.29, 0.717) is 25.2 Å². The maximum absolute atomic E-state index is 12.8. The van der Waals surface area contributed by atoms with Crippen LogP contribution in [0.4, 0.5) is 0 Å². The number of allylic oxidation sites excluding steroid dienone is 3. The number of aliphatic hydroxyl groups excluding tert-OH is 2. The van der Waals surface area contributed by atoms with Crippen LogP contribution in [0.3, 0.4) is 0 Å². The number of ether oxygens (including phenoxy) is 1. The quantitative estimate of drug-likeness (QED) is 0.462. The van der Waals surface area contributed by atoms with E-state index in [0.717, 1.165) is 12.8 Å². The summed E-state index contributed by atoms with van der Waals surface area (Å²) in [5, 5.41) is 28.9. The van der Waals surface area contributed by atoms with E-state index in [9.17, 15) is 19.8 Å². The first-order valence-corrected chi connectivity index (χ1v) is 11.3. The summed E-state index contributed by atoms with van der Waals surface area (Å²) < 4.78 is 6.27. The van der Waals surface area contributed by atoms with Crippen LogP contribution in [0.25, 0.3) is 0 Å². The van der Waals surface area contributed by atoms with Gasteiger partial charge in [-0.2, -0.15) is 0 Å². The largest absolute Gasteiger partial charge is 0.481 e. The molecule has 0 aromatic heterocycles. The molecule has 0 saturated carbocycles. The van der Waals surface area contributed by atoms with Crippen LogP contribution in [0.2, 0.25) is 0 Å². The van der Waals surface area contributed by atoms with Crippen LogP contribution >= 0.6 is 0 Å². The molecule has 2 unspecified atom stereocenters. The van der Waals surface area contributed by atoms with Crippen LogP contribution in [0.5, 0.6) is 0 Å². The monoisotopic (exact) mass is 422 g/mol. The van der Waals surface area contributed by atoms with Crippen LogP contribution < -0.4 is 0 Å². The molecule has 6 heteroatoms. The smallest absolute Gasteiger partial charge is 0.309 e. The molecule has 0 saturated heterocycles. The van der Waals surface area contributed by atoms with Crippen LogP contribution in [-0.2, 0) is 14.3 Å². The topological polar surface area (TPSA) is 104 Å². The minimum absolute atomic E-state index is 0.114. The highest BCUT2D eigenvalue weighted by atomic mass is 16.6. The van der Waals surface area contributed by atoms with Crippen LogP contribution in [-0.4, -0.2) is 45.1 Å². The number of hydrogen-bond acceptors (Lipinski definition) is 5. The molecule has 2 rings (SSSR count). The van der Waals surface area contributed by atoms with Crippen molar-refractivity contribution in [3.05, 3.63) is 23.8 Å². The average Bonchev–Trinajstić information content (AvgIpc) is 2.67. The number of aliphatic hydroxyl groups is 2. The molecule has 0 aliphatic heterocycles. The molecule has 0 amide bonds. The molecule has 0 aromatic rings. The van der Waals surface area contributed by atoms with Crippen LogP contribution in [0, 0.1) is 23.7 Å². The van der Waals surface area contributed by atoms with Crippen molar-refractivity contribution >= 4 is 11.9 Å². The lowest BCUT2D eigenvalue weighted by atomic mass is 9.64. The summed E-state index contributed by atoms with van der Waals surface area (Å²) in [7, 11) is 0. The normalized spacial score (nSPS) is 31.3. The Hall–Kier alpha value is -1.66. The maximum atomic E-state index is 12.8. The Balaban J connectivity index is 2.20. The highest BCUT2D eigenvalue weighted by Crippen LogP contribution is 2.48. The number of carbonyl (C=O) groups excluding carboxylic acids is 1. The molecule has 0 aromatic carbocycles. The highest BCUT2D eigenvalue weighted by Gasteiger charge is 2.48. The standard InChI is InChI=1S/C24H38O6/c1-5-17(4)23(29)30-24(10-6-7-20(25)21(26)13-22(27)28)14-16(3)11-18-9-8-15(2)12-19(18)24/h8-9,11,15-17,19-21,25-26H,5-7,10,12-14H2,1-4H3,(H,27,28)/t15-,16+,17?,19-,20?,21-,24-/m1/s1. The van der Waals surface area contributed by atoms with Gasteiger partial charge in [0.05, 0.1) is 24.5 Å². The molecule has 2 aliphatic carbocycles. The number of esters is 1. The number of rotatable bonds is 10. The fourth-order valence-electron chi connectivity index (χ4n) is 4.77. The van der Waals surface area contributed by atoms with E-state index in [1.54, 1.807) is 0 Å². The number of carboxylic acids is 1. The van der Waals surface area contributed by atoms with E-state index in [2.05, 4.69) is 32.1 Å². The number of fused-ring (bicyclic) bond motifs is 1. The predicted octanol–water partition coefficient (Wildman–Crippen LogP) is 3.86. The predicted molar refractivity (Wildman–Crippen MR) is 115 cm³/mol. The molecule has 0 heterocycles. The Bertz CT molecular complexity index is 669. The third-order valence-corrected chi connectivity index (χ3v) is 6.65. The first-order chi connectivity index (χ1) is 14.1. The van der Waals surface area contributed by atoms with Gasteiger partial charge < -0.3 is 20.1 Å². The van der Waals surface area contributed by atoms with Crippen molar-refractivity contribution in [3.8, 4) is 0 Å². The fourth-order valence-corrected chi connectivity index (χ4v) is 4.77. The number of carbonyl (C=O) groups is 2. The van der Waals surface area contributed by atoms with Gasteiger partial charge in [0.25, 0.3) is 0 Å². The third kappa shape index (κ3) is 6.17. The fraction of sp³-hybridized carbons (Fsp3) is 0.750. The molecule has 170 valence electrons. The first kappa shape index (κ1) is 24.6. The number of carboxylic acid groups (broad SMARTS) is 1. The SMILES string of the molecule is CCC(C)C(=O)O[C@]1(CCCC(O)[C@H](O)CC(=O)O)C[C@@H](C)C=C2C=C[C@@H](C)C[C@H]21. The van der Waals surface area contributed by atoms with Crippen LogP contribution in [0.15, 0.2) is 23.8 Å². The Labute approximate surface area is 180 Å². The molecule has 6 nitrogen and oxygen atoms in total. The number of aliphatic carboxylic acids is 1. The summed E-state index contributed by atoms with van der Waals surface area (Å²) in [5.74, 6) is -0.723. The van der Waals surface area contributed by atoms with Crippen molar-refractivity contribution in [2.75, 3.05) is 0 Å². The summed E-state index contributed by atoms with van der Waals surface area (Å²) in [4.78, 5) is 23.6. The minimum Gasteiger partial charge on any atom is -0.481 e. The lowest BCUT2D eigenvalue weighted by molar-refractivity contribution is -0.175. The van der Waals surface area contributed by atoms with E-state index < -0.39 is 30.2 Å². The van der Waals surface area contributed by atoms with E-state index >= 15 is 0 Å². The van der Waals surface area contributed by atoms with Gasteiger partial charge in [0.15, 0.2) is 0 Å². The Morgan fingerprint density at radius 1 is 1.23 bits per heavy atom. The molecule has 0 fully saturated rings. The van der Waals surface area contributed by atoms with Crippen LogP contribution in [0.1, 0.15) is 72.6 Å². The molecule has 2 aliphatic rings. The molecular formula is C24H38O6. The van der Waals surface area contributed by atoms with Crippen molar-refractivity contribution in [1.82, 2.24) is 0 Å². The zero-order chi connectivity index (χ0) is 22.5. The highest BCUT2D eigenvalue weighted by molar-refractivity contribution is 5.72. The third-order valence-electron chi connectivity index (χ3n) is 6.65. The Morgan fingerprint density at radius 2 is 1.93 bits per heavy atom. The molecule has 7 atom stereocenters. The van der Waals surface area contributed by atoms with Gasteiger partial charge in [-0.25, -0.2) is 0 Å². The second-order valence-corrected chi connectivity index (χ2v) is 9.39. The van der Waals surface area contributed by atoms with Gasteiger partial charge in [-0.05, 0) is 55.9 Å². The molecule has 30 heavy (non-hydrogen) atoms. The molecule has 0 radical (unpaired) electrons. The van der Waals surface area contributed by atoms with Gasteiger partial charge in [-0.15, -0.1) is 0 Å². The summed E-state index contributed by atoms with van der Waals surface area (Å²) >= 11 is 0. The summed E-state index contributed by atoms with van der Waals surface area (Å²) in [6, 6.07) is 0. The molecule has 3 N–H and O–H groups in total. The molecule has 0 bridgehead atoms. The van der Waals surface area contributed by atoms with Crippen molar-refractivity contribution < 1.29 is 29.6 Å². The van der Waals surface area contributed by atoms with Crippen molar-refractivity contribution in [2.24, 2.45) is 23.7 Å². The minimum atomic E-state index is -1.29.